The smallest absolute Gasteiger partial charge is 0.154 e. The van der Waals surface area contributed by atoms with Crippen LogP contribution in [0.3, 0.4) is 0 Å². The molecule has 3 N–H and O–H groups in total. The summed E-state index contributed by atoms with van der Waals surface area (Å²) in [6.07, 6.45) is 4.72. The second-order valence-electron chi connectivity index (χ2n) is 7.27. The zero-order valence-electron chi connectivity index (χ0n) is 18.0. The number of anilines is 3. The Morgan fingerprint density at radius 2 is 2.06 bits per heavy atom. The molecule has 160 valence electrons. The van der Waals surface area contributed by atoms with E-state index in [9.17, 15) is 0 Å². The van der Waals surface area contributed by atoms with Crippen molar-refractivity contribution in [3.63, 3.8) is 0 Å². The number of aromatic nitrogens is 2. The second-order valence-corrected chi connectivity index (χ2v) is 7.68. The van der Waals surface area contributed by atoms with E-state index in [1.165, 1.54) is 6.20 Å². The molecular formula is C22H25ClN8. The summed E-state index contributed by atoms with van der Waals surface area (Å²) in [5.74, 6) is 2.96. The summed E-state index contributed by atoms with van der Waals surface area (Å²) in [6.45, 7) is 15.2. The summed E-state index contributed by atoms with van der Waals surface area (Å²) in [5, 5.41) is 10.1. The lowest BCUT2D eigenvalue weighted by molar-refractivity contribution is 0.690. The van der Waals surface area contributed by atoms with Gasteiger partial charge in [-0.25, -0.2) is 20.0 Å². The molecule has 0 saturated heterocycles. The van der Waals surface area contributed by atoms with Gasteiger partial charge in [0.1, 0.15) is 28.0 Å². The van der Waals surface area contributed by atoms with E-state index in [-0.39, 0.29) is 0 Å². The SMILES string of the molecule is C=CN=C(N=CC)C(C)(C)N=C1NC(=C)Nc2ccc(Nc3nc(C)ncc3Cl)cc21. The topological polar surface area (TPSA) is 99.0 Å². The summed E-state index contributed by atoms with van der Waals surface area (Å²) in [6, 6.07) is 5.82. The molecule has 0 bridgehead atoms. The molecule has 0 saturated carbocycles. The molecule has 1 aliphatic rings. The number of amidine groups is 2. The molecule has 0 atom stereocenters. The molecule has 8 nitrogen and oxygen atoms in total. The fraction of sp³-hybridized carbons (Fsp3) is 0.227. The van der Waals surface area contributed by atoms with Crippen molar-refractivity contribution in [3.05, 3.63) is 66.0 Å². The normalized spacial score (nSPS) is 15.5. The first kappa shape index (κ1) is 22.2. The van der Waals surface area contributed by atoms with Gasteiger partial charge in [0.15, 0.2) is 11.7 Å². The van der Waals surface area contributed by atoms with Gasteiger partial charge in [-0.05, 0) is 45.9 Å². The molecular weight excluding hydrogens is 412 g/mol. The van der Waals surface area contributed by atoms with Crippen LogP contribution in [0.4, 0.5) is 17.2 Å². The zero-order valence-corrected chi connectivity index (χ0v) is 18.7. The number of hydrogen-bond donors (Lipinski definition) is 3. The minimum Gasteiger partial charge on any atom is -0.342 e. The van der Waals surface area contributed by atoms with Crippen molar-refractivity contribution in [1.29, 1.82) is 0 Å². The average Bonchev–Trinajstić information content (AvgIpc) is 2.70. The Bertz CT molecular complexity index is 1110. The van der Waals surface area contributed by atoms with Gasteiger partial charge in [0.25, 0.3) is 0 Å². The summed E-state index contributed by atoms with van der Waals surface area (Å²) in [4.78, 5) is 22.0. The number of rotatable bonds is 5. The molecule has 0 spiro atoms. The lowest BCUT2D eigenvalue weighted by atomic mass is 10.0. The van der Waals surface area contributed by atoms with Crippen LogP contribution in [0.15, 0.2) is 64.6 Å². The van der Waals surface area contributed by atoms with Gasteiger partial charge in [-0.15, -0.1) is 0 Å². The van der Waals surface area contributed by atoms with Crippen LogP contribution in [0, 0.1) is 6.92 Å². The minimum absolute atomic E-state index is 0.436. The first-order valence-electron chi connectivity index (χ1n) is 9.64. The van der Waals surface area contributed by atoms with Gasteiger partial charge in [0.2, 0.25) is 0 Å². The Kier molecular flexibility index (Phi) is 6.50. The van der Waals surface area contributed by atoms with Crippen molar-refractivity contribution < 1.29 is 0 Å². The predicted octanol–water partition coefficient (Wildman–Crippen LogP) is 4.83. The average molecular weight is 437 g/mol. The van der Waals surface area contributed by atoms with Crippen LogP contribution in [0.25, 0.3) is 0 Å². The highest BCUT2D eigenvalue weighted by molar-refractivity contribution is 6.32. The predicted molar refractivity (Wildman–Crippen MR) is 130 cm³/mol. The maximum atomic E-state index is 6.24. The van der Waals surface area contributed by atoms with Gasteiger partial charge < -0.3 is 16.0 Å². The summed E-state index contributed by atoms with van der Waals surface area (Å²) in [7, 11) is 0. The quantitative estimate of drug-likeness (QED) is 0.460. The Hall–Kier alpha value is -3.52. The highest BCUT2D eigenvalue weighted by atomic mass is 35.5. The summed E-state index contributed by atoms with van der Waals surface area (Å²) < 4.78 is 0. The lowest BCUT2D eigenvalue weighted by Gasteiger charge is -2.27. The molecule has 1 aromatic carbocycles. The molecule has 0 amide bonds. The van der Waals surface area contributed by atoms with E-state index >= 15 is 0 Å². The van der Waals surface area contributed by atoms with Gasteiger partial charge in [-0.2, -0.15) is 0 Å². The van der Waals surface area contributed by atoms with Gasteiger partial charge in [0, 0.05) is 23.7 Å². The van der Waals surface area contributed by atoms with E-state index in [1.54, 1.807) is 12.4 Å². The fourth-order valence-electron chi connectivity index (χ4n) is 2.99. The van der Waals surface area contributed by atoms with Gasteiger partial charge in [0.05, 0.1) is 11.9 Å². The van der Waals surface area contributed by atoms with Gasteiger partial charge >= 0.3 is 0 Å². The van der Waals surface area contributed by atoms with E-state index in [4.69, 9.17) is 16.6 Å². The van der Waals surface area contributed by atoms with Crippen molar-refractivity contribution in [1.82, 2.24) is 15.3 Å². The number of halogens is 1. The molecule has 0 radical (unpaired) electrons. The minimum atomic E-state index is -0.714. The number of nitrogens with zero attached hydrogens (tertiary/aromatic N) is 5. The van der Waals surface area contributed by atoms with Crippen molar-refractivity contribution in [3.8, 4) is 0 Å². The number of hydrogen-bond acceptors (Lipinski definition) is 6. The van der Waals surface area contributed by atoms with Crippen molar-refractivity contribution in [2.75, 3.05) is 10.6 Å². The number of aliphatic imine (C=N–C) groups is 3. The molecule has 3 rings (SSSR count). The molecule has 0 unspecified atom stereocenters. The van der Waals surface area contributed by atoms with Crippen LogP contribution in [0.5, 0.6) is 0 Å². The molecule has 9 heteroatoms. The number of benzene rings is 1. The first-order chi connectivity index (χ1) is 14.7. The first-order valence-corrected chi connectivity index (χ1v) is 10.0. The van der Waals surface area contributed by atoms with E-state index in [1.807, 2.05) is 45.9 Å². The van der Waals surface area contributed by atoms with Gasteiger partial charge in [-0.1, -0.05) is 24.8 Å². The van der Waals surface area contributed by atoms with E-state index in [2.05, 4.69) is 49.1 Å². The largest absolute Gasteiger partial charge is 0.342 e. The number of nitrogens with one attached hydrogen (secondary N) is 3. The van der Waals surface area contributed by atoms with Crippen LogP contribution in [0.1, 0.15) is 32.2 Å². The number of fused-ring (bicyclic) bond motifs is 1. The van der Waals surface area contributed by atoms with Crippen LogP contribution >= 0.6 is 11.6 Å². The molecule has 1 aliphatic heterocycles. The molecule has 2 aromatic rings. The molecule has 0 fully saturated rings. The highest BCUT2D eigenvalue weighted by Gasteiger charge is 2.27. The van der Waals surface area contributed by atoms with Crippen molar-refractivity contribution >= 4 is 46.7 Å². The third kappa shape index (κ3) is 5.16. The second kappa shape index (κ2) is 9.09. The Morgan fingerprint density at radius 3 is 2.77 bits per heavy atom. The monoisotopic (exact) mass is 436 g/mol. The molecule has 1 aromatic heterocycles. The standard InChI is InChI=1S/C22H25ClN8/c1-7-24-21(25-8-2)22(5,6)31-19-16-11-15(9-10-18(16)27-14(4)29-19)30-20-17(23)12-26-13(3)28-20/h7-12,27H,1,4H2,2-3,5-6H3,(H,29,31)(H,26,28,30). The van der Waals surface area contributed by atoms with Crippen LogP contribution in [-0.4, -0.2) is 33.4 Å². The highest BCUT2D eigenvalue weighted by Crippen LogP contribution is 2.29. The van der Waals surface area contributed by atoms with Crippen molar-refractivity contribution in [2.24, 2.45) is 15.0 Å². The zero-order chi connectivity index (χ0) is 22.6. The fourth-order valence-corrected chi connectivity index (χ4v) is 3.12. The summed E-state index contributed by atoms with van der Waals surface area (Å²) >= 11 is 6.24. The Labute approximate surface area is 187 Å². The summed E-state index contributed by atoms with van der Waals surface area (Å²) in [5.41, 5.74) is 1.81. The maximum absolute atomic E-state index is 6.24. The van der Waals surface area contributed by atoms with E-state index in [0.717, 1.165) is 16.9 Å². The van der Waals surface area contributed by atoms with E-state index < -0.39 is 5.54 Å². The Morgan fingerprint density at radius 1 is 1.29 bits per heavy atom. The van der Waals surface area contributed by atoms with Gasteiger partial charge in [-0.3, -0.25) is 4.99 Å². The Balaban J connectivity index is 2.04. The number of aryl methyl sites for hydroxylation is 1. The molecule has 2 heterocycles. The third-order valence-electron chi connectivity index (χ3n) is 4.36. The molecule has 0 aliphatic carbocycles. The maximum Gasteiger partial charge on any atom is 0.154 e. The van der Waals surface area contributed by atoms with Crippen LogP contribution < -0.4 is 16.0 Å². The third-order valence-corrected chi connectivity index (χ3v) is 4.64. The van der Waals surface area contributed by atoms with Crippen LogP contribution in [0.2, 0.25) is 5.02 Å². The molecule has 31 heavy (non-hydrogen) atoms. The lowest BCUT2D eigenvalue weighted by Crippen LogP contribution is -2.38. The van der Waals surface area contributed by atoms with Crippen molar-refractivity contribution in [2.45, 2.75) is 33.2 Å². The van der Waals surface area contributed by atoms with Crippen LogP contribution in [-0.2, 0) is 0 Å². The van der Waals surface area contributed by atoms with E-state index in [0.29, 0.717) is 34.2 Å².